The maximum absolute atomic E-state index is 9.47. The van der Waals surface area contributed by atoms with Crippen molar-refractivity contribution in [1.82, 2.24) is 0 Å². The van der Waals surface area contributed by atoms with E-state index in [9.17, 15) is 5.11 Å². The van der Waals surface area contributed by atoms with Crippen molar-refractivity contribution in [3.8, 4) is 5.75 Å². The summed E-state index contributed by atoms with van der Waals surface area (Å²) >= 11 is 0. The summed E-state index contributed by atoms with van der Waals surface area (Å²) < 4.78 is 0. The average molecular weight is 252 g/mol. The van der Waals surface area contributed by atoms with Gasteiger partial charge in [-0.2, -0.15) is 0 Å². The third-order valence-electron chi connectivity index (χ3n) is 4.68. The Morgan fingerprint density at radius 2 is 1.58 bits per heavy atom. The van der Waals surface area contributed by atoms with E-state index in [1.807, 2.05) is 0 Å². The average Bonchev–Trinajstić information content (AvgIpc) is 2.60. The minimum Gasteiger partial charge on any atom is -0.508 e. The molecule has 0 amide bonds. The second kappa shape index (κ2) is 4.12. The first-order valence-corrected chi connectivity index (χ1v) is 6.90. The lowest BCUT2D eigenvalue weighted by atomic mass is 9.72. The quantitative estimate of drug-likeness (QED) is 0.788. The molecule has 0 fully saturated rings. The van der Waals surface area contributed by atoms with Gasteiger partial charge in [-0.05, 0) is 46.1 Å². The first-order valence-electron chi connectivity index (χ1n) is 6.90. The summed E-state index contributed by atoms with van der Waals surface area (Å²) in [5.74, 6) is 1.31. The number of phenols is 1. The highest BCUT2D eigenvalue weighted by Crippen LogP contribution is 2.55. The van der Waals surface area contributed by atoms with Gasteiger partial charge < -0.3 is 5.11 Å². The highest BCUT2D eigenvalue weighted by atomic mass is 16.3. The van der Waals surface area contributed by atoms with Crippen molar-refractivity contribution >= 4 is 0 Å². The van der Waals surface area contributed by atoms with Crippen molar-refractivity contribution in [2.45, 2.75) is 38.0 Å². The summed E-state index contributed by atoms with van der Waals surface area (Å²) in [5.41, 5.74) is 4.37. The Labute approximate surface area is 114 Å². The standard InChI is InChI=1S/C18H20O/c1-12-15-6-4-5-7-16(15)18(2,3)17(12)13-8-10-14(19)11-9-13/h4-12,17,19H,1-3H3. The predicted octanol–water partition coefficient (Wildman–Crippen LogP) is 4.57. The Kier molecular flexibility index (Phi) is 2.67. The molecule has 1 N–H and O–H groups in total. The van der Waals surface area contributed by atoms with Crippen molar-refractivity contribution in [2.75, 3.05) is 0 Å². The molecule has 3 rings (SSSR count). The van der Waals surface area contributed by atoms with Crippen LogP contribution in [0, 0.1) is 0 Å². The number of hydrogen-bond acceptors (Lipinski definition) is 1. The van der Waals surface area contributed by atoms with Gasteiger partial charge in [-0.1, -0.05) is 57.2 Å². The predicted molar refractivity (Wildman–Crippen MR) is 78.7 cm³/mol. The van der Waals surface area contributed by atoms with Gasteiger partial charge in [0.1, 0.15) is 5.75 Å². The van der Waals surface area contributed by atoms with E-state index in [0.717, 1.165) is 0 Å². The molecule has 1 heteroatoms. The van der Waals surface area contributed by atoms with Gasteiger partial charge in [0, 0.05) is 0 Å². The lowest BCUT2D eigenvalue weighted by Crippen LogP contribution is -2.23. The van der Waals surface area contributed by atoms with Gasteiger partial charge in [-0.3, -0.25) is 0 Å². The molecule has 0 aromatic heterocycles. The Morgan fingerprint density at radius 1 is 0.947 bits per heavy atom. The normalized spacial score (nSPS) is 24.2. The molecule has 0 heterocycles. The molecular formula is C18H20O. The molecule has 0 saturated heterocycles. The van der Waals surface area contributed by atoms with Crippen LogP contribution >= 0.6 is 0 Å². The molecule has 0 bridgehead atoms. The Bertz CT molecular complexity index is 595. The van der Waals surface area contributed by atoms with Crippen molar-refractivity contribution in [3.05, 3.63) is 65.2 Å². The zero-order valence-corrected chi connectivity index (χ0v) is 11.7. The summed E-state index contributed by atoms with van der Waals surface area (Å²) in [6.07, 6.45) is 0. The second-order valence-corrected chi connectivity index (χ2v) is 6.17. The summed E-state index contributed by atoms with van der Waals surface area (Å²) in [4.78, 5) is 0. The summed E-state index contributed by atoms with van der Waals surface area (Å²) in [7, 11) is 0. The maximum Gasteiger partial charge on any atom is 0.115 e. The molecule has 0 radical (unpaired) electrons. The number of aromatic hydroxyl groups is 1. The van der Waals surface area contributed by atoms with Gasteiger partial charge in [0.15, 0.2) is 0 Å². The van der Waals surface area contributed by atoms with Gasteiger partial charge in [0.05, 0.1) is 0 Å². The van der Waals surface area contributed by atoms with Crippen LogP contribution in [0.15, 0.2) is 48.5 Å². The van der Waals surface area contributed by atoms with Crippen LogP contribution in [0.5, 0.6) is 5.75 Å². The fourth-order valence-corrected chi connectivity index (χ4v) is 3.84. The summed E-state index contributed by atoms with van der Waals surface area (Å²) in [5, 5.41) is 9.47. The molecule has 0 saturated carbocycles. The molecule has 0 aliphatic heterocycles. The van der Waals surface area contributed by atoms with Gasteiger partial charge >= 0.3 is 0 Å². The van der Waals surface area contributed by atoms with E-state index in [2.05, 4.69) is 57.2 Å². The first kappa shape index (κ1) is 12.3. The van der Waals surface area contributed by atoms with Crippen LogP contribution in [-0.4, -0.2) is 5.11 Å². The van der Waals surface area contributed by atoms with Crippen LogP contribution in [0.25, 0.3) is 0 Å². The SMILES string of the molecule is CC1c2ccccc2C(C)(C)C1c1ccc(O)cc1. The van der Waals surface area contributed by atoms with Crippen molar-refractivity contribution in [3.63, 3.8) is 0 Å². The second-order valence-electron chi connectivity index (χ2n) is 6.17. The van der Waals surface area contributed by atoms with E-state index in [1.165, 1.54) is 16.7 Å². The lowest BCUT2D eigenvalue weighted by molar-refractivity contribution is 0.410. The van der Waals surface area contributed by atoms with Crippen LogP contribution in [-0.2, 0) is 5.41 Å². The monoisotopic (exact) mass is 252 g/mol. The topological polar surface area (TPSA) is 20.2 Å². The molecule has 2 aromatic carbocycles. The third-order valence-corrected chi connectivity index (χ3v) is 4.68. The largest absolute Gasteiger partial charge is 0.508 e. The smallest absolute Gasteiger partial charge is 0.115 e. The minimum atomic E-state index is 0.132. The van der Waals surface area contributed by atoms with Gasteiger partial charge in [-0.15, -0.1) is 0 Å². The molecule has 2 unspecified atom stereocenters. The van der Waals surface area contributed by atoms with Crippen LogP contribution in [0.3, 0.4) is 0 Å². The highest BCUT2D eigenvalue weighted by molar-refractivity contribution is 5.48. The highest BCUT2D eigenvalue weighted by Gasteiger charge is 2.44. The van der Waals surface area contributed by atoms with Crippen molar-refractivity contribution in [2.24, 2.45) is 0 Å². The molecule has 1 aliphatic carbocycles. The van der Waals surface area contributed by atoms with Crippen molar-refractivity contribution < 1.29 is 5.11 Å². The maximum atomic E-state index is 9.47. The van der Waals surface area contributed by atoms with Crippen LogP contribution < -0.4 is 0 Å². The van der Waals surface area contributed by atoms with E-state index in [4.69, 9.17) is 0 Å². The zero-order valence-electron chi connectivity index (χ0n) is 11.7. The Morgan fingerprint density at radius 3 is 2.21 bits per heavy atom. The van der Waals surface area contributed by atoms with Gasteiger partial charge in [-0.25, -0.2) is 0 Å². The Balaban J connectivity index is 2.12. The van der Waals surface area contributed by atoms with E-state index in [-0.39, 0.29) is 5.41 Å². The lowest BCUT2D eigenvalue weighted by Gasteiger charge is -2.31. The molecule has 2 aromatic rings. The Hall–Kier alpha value is -1.76. The fourth-order valence-electron chi connectivity index (χ4n) is 3.84. The number of fused-ring (bicyclic) bond motifs is 1. The van der Waals surface area contributed by atoms with Gasteiger partial charge in [0.25, 0.3) is 0 Å². The number of rotatable bonds is 1. The van der Waals surface area contributed by atoms with Gasteiger partial charge in [0.2, 0.25) is 0 Å². The van der Waals surface area contributed by atoms with Crippen LogP contribution in [0.4, 0.5) is 0 Å². The van der Waals surface area contributed by atoms with E-state index >= 15 is 0 Å². The van der Waals surface area contributed by atoms with E-state index in [0.29, 0.717) is 17.6 Å². The summed E-state index contributed by atoms with van der Waals surface area (Å²) in [6, 6.07) is 16.5. The number of benzene rings is 2. The molecule has 19 heavy (non-hydrogen) atoms. The number of phenolic OH excluding ortho intramolecular Hbond substituents is 1. The van der Waals surface area contributed by atoms with E-state index < -0.39 is 0 Å². The van der Waals surface area contributed by atoms with Crippen molar-refractivity contribution in [1.29, 1.82) is 0 Å². The molecule has 2 atom stereocenters. The zero-order chi connectivity index (χ0) is 13.6. The fraction of sp³-hybridized carbons (Fsp3) is 0.333. The number of hydrogen-bond donors (Lipinski definition) is 1. The van der Waals surface area contributed by atoms with Crippen LogP contribution in [0.1, 0.15) is 49.3 Å². The third kappa shape index (κ3) is 1.76. The molecule has 1 nitrogen and oxygen atoms in total. The van der Waals surface area contributed by atoms with E-state index in [1.54, 1.807) is 12.1 Å². The summed E-state index contributed by atoms with van der Waals surface area (Å²) in [6.45, 7) is 6.96. The molecule has 98 valence electrons. The molecule has 0 spiro atoms. The minimum absolute atomic E-state index is 0.132. The molecule has 1 aliphatic rings. The van der Waals surface area contributed by atoms with Crippen LogP contribution in [0.2, 0.25) is 0 Å². The first-order chi connectivity index (χ1) is 9.01. The molecular weight excluding hydrogens is 232 g/mol.